The number of halogens is 1. The van der Waals surface area contributed by atoms with E-state index in [9.17, 15) is 14.4 Å². The lowest BCUT2D eigenvalue weighted by molar-refractivity contribution is -0.122. The molecule has 19 heavy (non-hydrogen) atoms. The molecule has 4 nitrogen and oxygen atoms in total. The summed E-state index contributed by atoms with van der Waals surface area (Å²) in [7, 11) is 0. The molecule has 0 atom stereocenters. The topological polar surface area (TPSA) is 76.7 Å². The number of nitrogens with zero attached hydrogens (tertiary/aromatic N) is 2. The highest BCUT2D eigenvalue weighted by atomic mass is 19.1. The van der Waals surface area contributed by atoms with Crippen LogP contribution in [-0.2, 0) is 4.79 Å². The van der Waals surface area contributed by atoms with Crippen molar-refractivity contribution in [2.24, 2.45) is 5.41 Å². The lowest BCUT2D eigenvalue weighted by Crippen LogP contribution is -2.32. The Morgan fingerprint density at radius 3 is 2.58 bits per heavy atom. The number of nitrogens with one attached hydrogen (secondary N) is 1. The van der Waals surface area contributed by atoms with Gasteiger partial charge in [0.2, 0.25) is 5.91 Å². The van der Waals surface area contributed by atoms with Gasteiger partial charge in [-0.3, -0.25) is 4.79 Å². The van der Waals surface area contributed by atoms with Crippen LogP contribution in [0.5, 0.6) is 0 Å². The first-order valence-electron chi connectivity index (χ1n) is 6.04. The number of carbonyl (C=O) groups excluding carboxylic acids is 1. The first kappa shape index (κ1) is 13.0. The van der Waals surface area contributed by atoms with Crippen molar-refractivity contribution in [3.8, 4) is 12.1 Å². The predicted molar refractivity (Wildman–Crippen MR) is 66.3 cm³/mol. The largest absolute Gasteiger partial charge is 0.325 e. The second-order valence-corrected chi connectivity index (χ2v) is 4.66. The minimum atomic E-state index is -0.985. The fourth-order valence-electron chi connectivity index (χ4n) is 2.31. The van der Waals surface area contributed by atoms with Gasteiger partial charge in [-0.1, -0.05) is 12.8 Å². The molecule has 0 unspecified atom stereocenters. The highest BCUT2D eigenvalue weighted by molar-refractivity contribution is 5.97. The number of amides is 1. The maximum atomic E-state index is 13.2. The molecule has 0 spiro atoms. The second-order valence-electron chi connectivity index (χ2n) is 4.66. The fraction of sp³-hybridized carbons (Fsp3) is 0.357. The number of hydrogen-bond donors (Lipinski definition) is 1. The Morgan fingerprint density at radius 1 is 1.32 bits per heavy atom. The monoisotopic (exact) mass is 257 g/mol. The van der Waals surface area contributed by atoms with Gasteiger partial charge in [0.15, 0.2) is 0 Å². The summed E-state index contributed by atoms with van der Waals surface area (Å²) in [5, 5.41) is 20.5. The van der Waals surface area contributed by atoms with Gasteiger partial charge in [-0.2, -0.15) is 10.5 Å². The minimum Gasteiger partial charge on any atom is -0.325 e. The van der Waals surface area contributed by atoms with E-state index < -0.39 is 11.2 Å². The summed E-state index contributed by atoms with van der Waals surface area (Å²) < 4.78 is 13.2. The molecule has 0 bridgehead atoms. The van der Waals surface area contributed by atoms with Crippen LogP contribution in [0.3, 0.4) is 0 Å². The molecule has 0 aliphatic heterocycles. The minimum absolute atomic E-state index is 0.129. The Bertz CT molecular complexity index is 592. The van der Waals surface area contributed by atoms with E-state index in [0.717, 1.165) is 18.9 Å². The molecular formula is C14H12FN3O. The zero-order chi connectivity index (χ0) is 13.9. The average Bonchev–Trinajstić information content (AvgIpc) is 2.91. The van der Waals surface area contributed by atoms with E-state index in [1.54, 1.807) is 6.07 Å². The quantitative estimate of drug-likeness (QED) is 0.884. The highest BCUT2D eigenvalue weighted by Gasteiger charge is 2.41. The molecule has 0 saturated heterocycles. The van der Waals surface area contributed by atoms with Crippen LogP contribution in [0.15, 0.2) is 18.2 Å². The van der Waals surface area contributed by atoms with Gasteiger partial charge in [0.05, 0.1) is 11.6 Å². The van der Waals surface area contributed by atoms with Gasteiger partial charge >= 0.3 is 0 Å². The summed E-state index contributed by atoms with van der Waals surface area (Å²) in [4.78, 5) is 12.1. The van der Waals surface area contributed by atoms with E-state index in [-0.39, 0.29) is 11.5 Å². The van der Waals surface area contributed by atoms with Gasteiger partial charge in [-0.15, -0.1) is 0 Å². The molecule has 1 aromatic rings. The van der Waals surface area contributed by atoms with Gasteiger partial charge in [-0.25, -0.2) is 4.39 Å². The lowest BCUT2D eigenvalue weighted by Gasteiger charge is -2.19. The average molecular weight is 257 g/mol. The Balaban J connectivity index is 2.20. The number of anilines is 1. The van der Waals surface area contributed by atoms with Crippen LogP contribution in [-0.4, -0.2) is 5.91 Å². The Labute approximate surface area is 110 Å². The molecule has 1 N–H and O–H groups in total. The molecule has 96 valence electrons. The van der Waals surface area contributed by atoms with Gasteiger partial charge < -0.3 is 5.32 Å². The molecule has 1 saturated carbocycles. The van der Waals surface area contributed by atoms with E-state index in [4.69, 9.17) is 5.26 Å². The van der Waals surface area contributed by atoms with Crippen LogP contribution in [0.4, 0.5) is 10.1 Å². The first-order chi connectivity index (χ1) is 9.11. The summed E-state index contributed by atoms with van der Waals surface area (Å²) in [6.07, 6.45) is 2.80. The van der Waals surface area contributed by atoms with Crippen LogP contribution >= 0.6 is 0 Å². The third-order valence-electron chi connectivity index (χ3n) is 3.45. The maximum absolute atomic E-state index is 13.2. The van der Waals surface area contributed by atoms with Crippen LogP contribution < -0.4 is 5.32 Å². The van der Waals surface area contributed by atoms with Gasteiger partial charge in [0.1, 0.15) is 17.3 Å². The molecule has 1 fully saturated rings. The zero-order valence-electron chi connectivity index (χ0n) is 10.2. The number of rotatable bonds is 2. The van der Waals surface area contributed by atoms with Crippen molar-refractivity contribution in [3.05, 3.63) is 29.6 Å². The van der Waals surface area contributed by atoms with Crippen molar-refractivity contribution in [2.45, 2.75) is 25.7 Å². The van der Waals surface area contributed by atoms with Crippen molar-refractivity contribution in [2.75, 3.05) is 5.32 Å². The molecule has 1 aromatic carbocycles. The number of carbonyl (C=O) groups is 1. The molecule has 0 aromatic heterocycles. The molecule has 2 rings (SSSR count). The molecule has 1 aliphatic carbocycles. The van der Waals surface area contributed by atoms with Crippen molar-refractivity contribution in [3.63, 3.8) is 0 Å². The third kappa shape index (κ3) is 2.41. The molecule has 0 radical (unpaired) electrons. The van der Waals surface area contributed by atoms with Crippen LogP contribution in [0.2, 0.25) is 0 Å². The fourth-order valence-corrected chi connectivity index (χ4v) is 2.31. The number of nitriles is 2. The predicted octanol–water partition coefficient (Wildman–Crippen LogP) is 2.72. The summed E-state index contributed by atoms with van der Waals surface area (Å²) in [6, 6.07) is 7.58. The van der Waals surface area contributed by atoms with E-state index in [2.05, 4.69) is 11.4 Å². The van der Waals surface area contributed by atoms with Crippen LogP contribution in [0.1, 0.15) is 31.2 Å². The molecular weight excluding hydrogens is 245 g/mol. The van der Waals surface area contributed by atoms with E-state index >= 15 is 0 Å². The highest BCUT2D eigenvalue weighted by Crippen LogP contribution is 2.38. The van der Waals surface area contributed by atoms with Crippen molar-refractivity contribution >= 4 is 11.6 Å². The zero-order valence-corrected chi connectivity index (χ0v) is 10.2. The molecule has 1 amide bonds. The van der Waals surface area contributed by atoms with E-state index in [1.165, 1.54) is 12.1 Å². The van der Waals surface area contributed by atoms with Gasteiger partial charge in [0.25, 0.3) is 0 Å². The summed E-state index contributed by atoms with van der Waals surface area (Å²) >= 11 is 0. The Hall–Kier alpha value is -2.40. The Kier molecular flexibility index (Phi) is 3.48. The maximum Gasteiger partial charge on any atom is 0.244 e. The smallest absolute Gasteiger partial charge is 0.244 e. The van der Waals surface area contributed by atoms with E-state index in [1.807, 2.05) is 0 Å². The molecule has 5 heteroatoms. The van der Waals surface area contributed by atoms with E-state index in [0.29, 0.717) is 18.5 Å². The van der Waals surface area contributed by atoms with Crippen molar-refractivity contribution in [1.82, 2.24) is 0 Å². The normalized spacial score (nSPS) is 16.4. The summed E-state index contributed by atoms with van der Waals surface area (Å²) in [5.41, 5.74) is -0.777. The summed E-state index contributed by atoms with van der Waals surface area (Å²) in [6.45, 7) is 0. The SMILES string of the molecule is N#Cc1cc(NC(=O)C2(C#N)CCCC2)ccc1F. The van der Waals surface area contributed by atoms with Crippen LogP contribution in [0.25, 0.3) is 0 Å². The van der Waals surface area contributed by atoms with Gasteiger partial charge in [0, 0.05) is 5.69 Å². The number of benzene rings is 1. The van der Waals surface area contributed by atoms with Crippen molar-refractivity contribution in [1.29, 1.82) is 10.5 Å². The number of hydrogen-bond acceptors (Lipinski definition) is 3. The molecule has 0 heterocycles. The Morgan fingerprint density at radius 2 is 2.00 bits per heavy atom. The second kappa shape index (κ2) is 5.07. The third-order valence-corrected chi connectivity index (χ3v) is 3.45. The summed E-state index contributed by atoms with van der Waals surface area (Å²) in [5.74, 6) is -1.00. The van der Waals surface area contributed by atoms with Gasteiger partial charge in [-0.05, 0) is 31.0 Å². The van der Waals surface area contributed by atoms with Crippen LogP contribution in [0, 0.1) is 33.9 Å². The standard InChI is InChI=1S/C14H12FN3O/c15-12-4-3-11(7-10(12)8-16)18-13(19)14(9-17)5-1-2-6-14/h3-4,7H,1-2,5-6H2,(H,18,19). The first-order valence-corrected chi connectivity index (χ1v) is 6.04. The molecule has 1 aliphatic rings. The van der Waals surface area contributed by atoms with Crippen molar-refractivity contribution < 1.29 is 9.18 Å². The lowest BCUT2D eigenvalue weighted by atomic mass is 9.87.